The highest BCUT2D eigenvalue weighted by Gasteiger charge is 2.22. The highest BCUT2D eigenvalue weighted by Crippen LogP contribution is 2.29. The Labute approximate surface area is 177 Å². The molecule has 0 radical (unpaired) electrons. The van der Waals surface area contributed by atoms with E-state index in [0.717, 1.165) is 18.4 Å². The van der Waals surface area contributed by atoms with Gasteiger partial charge in [-0.2, -0.15) is 9.49 Å². The molecule has 0 spiro atoms. The third-order valence-electron chi connectivity index (χ3n) is 5.15. The summed E-state index contributed by atoms with van der Waals surface area (Å²) in [5.41, 5.74) is 1.29. The number of anilines is 1. The maximum atomic E-state index is 14.9. The van der Waals surface area contributed by atoms with Gasteiger partial charge in [0.1, 0.15) is 11.5 Å². The van der Waals surface area contributed by atoms with Crippen molar-refractivity contribution >= 4 is 28.2 Å². The van der Waals surface area contributed by atoms with Crippen LogP contribution < -0.4 is 10.9 Å². The first-order valence-electron chi connectivity index (χ1n) is 9.76. The van der Waals surface area contributed by atoms with Crippen LogP contribution in [0.25, 0.3) is 22.0 Å². The van der Waals surface area contributed by atoms with Crippen LogP contribution in [-0.2, 0) is 6.54 Å². The summed E-state index contributed by atoms with van der Waals surface area (Å²) in [6.07, 6.45) is 2.15. The van der Waals surface area contributed by atoms with Gasteiger partial charge in [0.25, 0.3) is 5.56 Å². The third kappa shape index (κ3) is 3.66. The van der Waals surface area contributed by atoms with Gasteiger partial charge in [0, 0.05) is 16.5 Å². The predicted molar refractivity (Wildman–Crippen MR) is 116 cm³/mol. The van der Waals surface area contributed by atoms with Gasteiger partial charge in [-0.3, -0.25) is 4.79 Å². The molecule has 0 atom stereocenters. The van der Waals surface area contributed by atoms with Crippen molar-refractivity contribution in [1.82, 2.24) is 14.8 Å². The lowest BCUT2D eigenvalue weighted by Gasteiger charge is -2.12. The van der Waals surface area contributed by atoms with Crippen molar-refractivity contribution in [2.45, 2.75) is 25.4 Å². The quantitative estimate of drug-likeness (QED) is 0.468. The zero-order valence-electron chi connectivity index (χ0n) is 16.0. The number of nitrogens with one attached hydrogen (secondary N) is 1. The van der Waals surface area contributed by atoms with E-state index in [1.54, 1.807) is 42.5 Å². The van der Waals surface area contributed by atoms with Crippen LogP contribution in [0.4, 0.5) is 10.2 Å². The average Bonchev–Trinajstić information content (AvgIpc) is 3.56. The molecule has 4 aromatic rings. The van der Waals surface area contributed by atoms with Gasteiger partial charge >= 0.3 is 0 Å². The molecule has 30 heavy (non-hydrogen) atoms. The van der Waals surface area contributed by atoms with Crippen molar-refractivity contribution in [3.63, 3.8) is 0 Å². The van der Waals surface area contributed by atoms with Gasteiger partial charge in [-0.1, -0.05) is 41.9 Å². The van der Waals surface area contributed by atoms with Crippen LogP contribution >= 0.6 is 11.6 Å². The molecule has 0 saturated heterocycles. The summed E-state index contributed by atoms with van der Waals surface area (Å²) in [6.45, 7) is 0.254. The van der Waals surface area contributed by atoms with Crippen molar-refractivity contribution in [2.24, 2.45) is 0 Å². The zero-order chi connectivity index (χ0) is 20.7. The van der Waals surface area contributed by atoms with Crippen molar-refractivity contribution in [3.8, 4) is 11.3 Å². The Balaban J connectivity index is 1.63. The second-order valence-electron chi connectivity index (χ2n) is 7.44. The molecule has 2 aromatic carbocycles. The summed E-state index contributed by atoms with van der Waals surface area (Å²) in [5.74, 6) is -0.104. The number of hydrogen-bond acceptors (Lipinski definition) is 4. The van der Waals surface area contributed by atoms with Gasteiger partial charge in [-0.15, -0.1) is 0 Å². The van der Waals surface area contributed by atoms with E-state index in [9.17, 15) is 9.18 Å². The predicted octanol–water partition coefficient (Wildman–Crippen LogP) is 4.87. The molecule has 7 heteroatoms. The topological polar surface area (TPSA) is 59.8 Å². The molecule has 0 amide bonds. The van der Waals surface area contributed by atoms with Gasteiger partial charge in [0.05, 0.1) is 17.5 Å². The minimum atomic E-state index is -0.616. The molecule has 1 fully saturated rings. The third-order valence-corrected chi connectivity index (χ3v) is 5.40. The maximum absolute atomic E-state index is 14.9. The van der Waals surface area contributed by atoms with Crippen LogP contribution in [0, 0.1) is 5.95 Å². The summed E-state index contributed by atoms with van der Waals surface area (Å²) in [7, 11) is 0. The molecule has 1 aliphatic rings. The number of fused-ring (bicyclic) bond motifs is 1. The Hall–Kier alpha value is -3.25. The molecule has 0 bridgehead atoms. The second-order valence-corrected chi connectivity index (χ2v) is 7.87. The van der Waals surface area contributed by atoms with E-state index < -0.39 is 5.95 Å². The molecule has 1 N–H and O–H groups in total. The largest absolute Gasteiger partial charge is 0.367 e. The van der Waals surface area contributed by atoms with E-state index in [4.69, 9.17) is 11.6 Å². The molecular formula is C23H18ClFN4O. The van der Waals surface area contributed by atoms with E-state index >= 15 is 0 Å². The molecule has 5 nitrogen and oxygen atoms in total. The first-order valence-corrected chi connectivity index (χ1v) is 10.1. The van der Waals surface area contributed by atoms with E-state index in [-0.39, 0.29) is 17.7 Å². The fraction of sp³-hybridized carbons (Fsp3) is 0.174. The van der Waals surface area contributed by atoms with Crippen LogP contribution in [0.2, 0.25) is 5.02 Å². The number of halogens is 2. The minimum Gasteiger partial charge on any atom is -0.367 e. The maximum Gasteiger partial charge on any atom is 0.274 e. The number of aromatic nitrogens is 3. The summed E-state index contributed by atoms with van der Waals surface area (Å²) >= 11 is 5.96. The van der Waals surface area contributed by atoms with E-state index in [1.165, 1.54) is 4.68 Å². The van der Waals surface area contributed by atoms with E-state index in [0.29, 0.717) is 33.3 Å². The number of rotatable bonds is 5. The van der Waals surface area contributed by atoms with Gasteiger partial charge < -0.3 is 5.32 Å². The highest BCUT2D eigenvalue weighted by atomic mass is 35.5. The molecule has 0 aliphatic heterocycles. The van der Waals surface area contributed by atoms with Crippen molar-refractivity contribution in [1.29, 1.82) is 0 Å². The molecule has 2 heterocycles. The Kier molecular flexibility index (Phi) is 4.71. The van der Waals surface area contributed by atoms with Crippen LogP contribution in [-0.4, -0.2) is 20.8 Å². The van der Waals surface area contributed by atoms with Crippen molar-refractivity contribution in [3.05, 3.63) is 87.6 Å². The molecule has 5 rings (SSSR count). The lowest BCUT2D eigenvalue weighted by Crippen LogP contribution is -2.24. The summed E-state index contributed by atoms with van der Waals surface area (Å²) < 4.78 is 16.3. The van der Waals surface area contributed by atoms with E-state index in [1.807, 2.05) is 18.2 Å². The van der Waals surface area contributed by atoms with Crippen LogP contribution in [0.5, 0.6) is 0 Å². The molecule has 1 saturated carbocycles. The van der Waals surface area contributed by atoms with Crippen LogP contribution in [0.15, 0.2) is 65.5 Å². The SMILES string of the molecule is O=c1c2ccccc2c(-c2ccc(NC3CC3)nc2F)nn1Cc1ccc(Cl)cc1. The number of hydrogen-bond donors (Lipinski definition) is 1. The van der Waals surface area contributed by atoms with Gasteiger partial charge in [-0.05, 0) is 48.7 Å². The van der Waals surface area contributed by atoms with Crippen molar-refractivity contribution < 1.29 is 4.39 Å². The Bertz CT molecular complexity index is 1300. The number of pyridine rings is 1. The zero-order valence-corrected chi connectivity index (χ0v) is 16.7. The van der Waals surface area contributed by atoms with Crippen LogP contribution in [0.3, 0.4) is 0 Å². The standard InChI is InChI=1S/C23H18ClFN4O/c24-15-7-5-14(6-8-15)13-29-23(30)18-4-2-1-3-17(18)21(28-29)19-11-12-20(27-22(19)25)26-16-9-10-16/h1-8,11-12,16H,9-10,13H2,(H,26,27). The number of benzene rings is 2. The van der Waals surface area contributed by atoms with Crippen LogP contribution in [0.1, 0.15) is 18.4 Å². The molecule has 0 unspecified atom stereocenters. The Morgan fingerprint density at radius 3 is 2.47 bits per heavy atom. The van der Waals surface area contributed by atoms with Gasteiger partial charge in [0.2, 0.25) is 5.95 Å². The summed E-state index contributed by atoms with van der Waals surface area (Å²) in [6, 6.07) is 18.1. The Morgan fingerprint density at radius 2 is 1.77 bits per heavy atom. The molecule has 150 valence electrons. The lowest BCUT2D eigenvalue weighted by molar-refractivity contribution is 0.585. The molecular weight excluding hydrogens is 403 g/mol. The van der Waals surface area contributed by atoms with Crippen molar-refractivity contribution in [2.75, 3.05) is 5.32 Å². The first-order chi connectivity index (χ1) is 14.6. The smallest absolute Gasteiger partial charge is 0.274 e. The van der Waals surface area contributed by atoms with E-state index in [2.05, 4.69) is 15.4 Å². The fourth-order valence-electron chi connectivity index (χ4n) is 3.43. The highest BCUT2D eigenvalue weighted by molar-refractivity contribution is 6.30. The summed E-state index contributed by atoms with van der Waals surface area (Å²) in [5, 5.41) is 9.41. The fourth-order valence-corrected chi connectivity index (χ4v) is 3.56. The lowest BCUT2D eigenvalue weighted by atomic mass is 10.1. The van der Waals surface area contributed by atoms with Gasteiger partial charge in [0.15, 0.2) is 0 Å². The normalized spacial score (nSPS) is 13.5. The second kappa shape index (κ2) is 7.54. The first kappa shape index (κ1) is 18.8. The molecule has 1 aliphatic carbocycles. The monoisotopic (exact) mass is 420 g/mol. The number of nitrogens with zero attached hydrogens (tertiary/aromatic N) is 3. The van der Waals surface area contributed by atoms with Gasteiger partial charge in [-0.25, -0.2) is 9.67 Å². The summed E-state index contributed by atoms with van der Waals surface area (Å²) in [4.78, 5) is 17.1. The average molecular weight is 421 g/mol. The molecule has 2 aromatic heterocycles. The minimum absolute atomic E-state index is 0.232. The Morgan fingerprint density at radius 1 is 1.03 bits per heavy atom.